The zero-order valence-electron chi connectivity index (χ0n) is 11.3. The number of ether oxygens (including phenoxy) is 1. The lowest BCUT2D eigenvalue weighted by Crippen LogP contribution is -2.29. The zero-order valence-corrected chi connectivity index (χ0v) is 12.1. The maximum atomic E-state index is 12.1. The largest absolute Gasteiger partial charge is 0.466 e. The molecular formula is C13H15N3O3S. The van der Waals surface area contributed by atoms with Crippen LogP contribution in [0, 0.1) is 0 Å². The van der Waals surface area contributed by atoms with E-state index in [0.29, 0.717) is 11.7 Å². The Bertz CT molecular complexity index is 521. The summed E-state index contributed by atoms with van der Waals surface area (Å²) in [4.78, 5) is 24.9. The summed E-state index contributed by atoms with van der Waals surface area (Å²) in [7, 11) is 1.25. The van der Waals surface area contributed by atoms with Gasteiger partial charge in [-0.2, -0.15) is 5.10 Å². The van der Waals surface area contributed by atoms with Gasteiger partial charge in [0.25, 0.3) is 5.91 Å². The van der Waals surface area contributed by atoms with Crippen LogP contribution < -0.4 is 0 Å². The lowest BCUT2D eigenvalue weighted by atomic mass is 10.4. The minimum atomic E-state index is -0.585. The summed E-state index contributed by atoms with van der Waals surface area (Å²) in [6.45, 7) is 5.74. The number of esters is 1. The van der Waals surface area contributed by atoms with E-state index in [9.17, 15) is 9.59 Å². The van der Waals surface area contributed by atoms with Crippen LogP contribution >= 0.6 is 11.8 Å². The molecule has 0 bridgehead atoms. The highest BCUT2D eigenvalue weighted by Gasteiger charge is 2.33. The SMILES string of the molecule is C=CCN1C(=O)/C(=C/C(=O)OC)S\C1=N/N=C/C=C/C. The molecule has 6 nitrogen and oxygen atoms in total. The molecule has 0 aromatic heterocycles. The normalized spacial score (nSPS) is 19.7. The summed E-state index contributed by atoms with van der Waals surface area (Å²) in [6, 6.07) is 0. The number of hydrogen-bond acceptors (Lipinski definition) is 6. The van der Waals surface area contributed by atoms with Crippen molar-refractivity contribution in [2.75, 3.05) is 13.7 Å². The van der Waals surface area contributed by atoms with E-state index < -0.39 is 5.97 Å². The van der Waals surface area contributed by atoms with Gasteiger partial charge in [-0.25, -0.2) is 4.79 Å². The molecule has 1 fully saturated rings. The van der Waals surface area contributed by atoms with Gasteiger partial charge in [0.2, 0.25) is 0 Å². The van der Waals surface area contributed by atoms with Crippen molar-refractivity contribution >= 4 is 35.0 Å². The fourth-order valence-corrected chi connectivity index (χ4v) is 2.15. The number of amides is 1. The number of nitrogens with zero attached hydrogens (tertiary/aromatic N) is 3. The standard InChI is InChI=1S/C13H15N3O3S/c1-4-6-7-14-15-13-16(8-5-2)12(18)10(20-13)9-11(17)19-3/h4-7,9H,2,8H2,1,3H3/b6-4+,10-9-,14-7+,15-13-. The van der Waals surface area contributed by atoms with Gasteiger partial charge in [-0.3, -0.25) is 9.69 Å². The number of amidine groups is 1. The molecule has 20 heavy (non-hydrogen) atoms. The average molecular weight is 293 g/mol. The maximum absolute atomic E-state index is 12.1. The zero-order chi connectivity index (χ0) is 15.0. The highest BCUT2D eigenvalue weighted by Crippen LogP contribution is 2.30. The van der Waals surface area contributed by atoms with Crippen molar-refractivity contribution in [3.8, 4) is 0 Å². The topological polar surface area (TPSA) is 71.3 Å². The Morgan fingerprint density at radius 3 is 2.90 bits per heavy atom. The Balaban J connectivity index is 2.99. The van der Waals surface area contributed by atoms with E-state index in [2.05, 4.69) is 21.5 Å². The smallest absolute Gasteiger partial charge is 0.331 e. The summed E-state index contributed by atoms with van der Waals surface area (Å²) in [5.41, 5.74) is 0. The molecule has 1 rings (SSSR count). The van der Waals surface area contributed by atoms with Gasteiger partial charge in [-0.05, 0) is 24.8 Å². The monoisotopic (exact) mass is 293 g/mol. The molecule has 1 aliphatic rings. The van der Waals surface area contributed by atoms with Crippen LogP contribution in [0.15, 0.2) is 46.0 Å². The number of rotatable bonds is 5. The molecule has 7 heteroatoms. The fraction of sp³-hybridized carbons (Fsp3) is 0.231. The maximum Gasteiger partial charge on any atom is 0.331 e. The van der Waals surface area contributed by atoms with Crippen molar-refractivity contribution in [2.24, 2.45) is 10.2 Å². The van der Waals surface area contributed by atoms with Crippen LogP contribution in [0.2, 0.25) is 0 Å². The quantitative estimate of drug-likeness (QED) is 0.254. The predicted octanol–water partition coefficient (Wildman–Crippen LogP) is 1.72. The van der Waals surface area contributed by atoms with Crippen molar-refractivity contribution in [3.63, 3.8) is 0 Å². The molecule has 0 atom stereocenters. The van der Waals surface area contributed by atoms with Gasteiger partial charge < -0.3 is 4.74 Å². The van der Waals surface area contributed by atoms with Gasteiger partial charge in [0.1, 0.15) is 0 Å². The molecule has 1 amide bonds. The Labute approximate surface area is 121 Å². The second-order valence-corrected chi connectivity index (χ2v) is 4.52. The van der Waals surface area contributed by atoms with Crippen molar-refractivity contribution in [2.45, 2.75) is 6.92 Å². The molecule has 106 valence electrons. The Hall–Kier alpha value is -2.15. The molecule has 0 N–H and O–H groups in total. The van der Waals surface area contributed by atoms with Crippen LogP contribution in [0.1, 0.15) is 6.92 Å². The van der Waals surface area contributed by atoms with Gasteiger partial charge in [-0.1, -0.05) is 12.2 Å². The first-order chi connectivity index (χ1) is 9.63. The minimum absolute atomic E-state index is 0.249. The highest BCUT2D eigenvalue weighted by molar-refractivity contribution is 8.18. The Morgan fingerprint density at radius 1 is 1.55 bits per heavy atom. The molecule has 0 saturated carbocycles. The third-order valence-electron chi connectivity index (χ3n) is 2.14. The number of allylic oxidation sites excluding steroid dienone is 2. The molecule has 0 aromatic carbocycles. The molecule has 1 heterocycles. The van der Waals surface area contributed by atoms with Crippen LogP contribution in [0.3, 0.4) is 0 Å². The minimum Gasteiger partial charge on any atom is -0.466 e. The van der Waals surface area contributed by atoms with E-state index in [1.54, 1.807) is 18.2 Å². The van der Waals surface area contributed by atoms with Crippen molar-refractivity contribution in [1.82, 2.24) is 4.90 Å². The molecular weight excluding hydrogens is 278 g/mol. The van der Waals surface area contributed by atoms with Crippen molar-refractivity contribution in [3.05, 3.63) is 35.8 Å². The summed E-state index contributed by atoms with van der Waals surface area (Å²) in [5.74, 6) is -0.904. The number of carbonyl (C=O) groups excluding carboxylic acids is 2. The van der Waals surface area contributed by atoms with Crippen molar-refractivity contribution in [1.29, 1.82) is 0 Å². The van der Waals surface area contributed by atoms with E-state index in [0.717, 1.165) is 17.8 Å². The summed E-state index contributed by atoms with van der Waals surface area (Å²) in [6.07, 6.45) is 7.74. The second kappa shape index (κ2) is 8.11. The van der Waals surface area contributed by atoms with Crippen LogP contribution in [-0.4, -0.2) is 41.8 Å². The first kappa shape index (κ1) is 15.9. The van der Waals surface area contributed by atoms with Crippen LogP contribution in [0.5, 0.6) is 0 Å². The molecule has 0 aliphatic carbocycles. The summed E-state index contributed by atoms with van der Waals surface area (Å²) >= 11 is 1.07. The van der Waals surface area contributed by atoms with Gasteiger partial charge in [-0.15, -0.1) is 11.7 Å². The average Bonchev–Trinajstić information content (AvgIpc) is 2.73. The van der Waals surface area contributed by atoms with Crippen LogP contribution in [-0.2, 0) is 14.3 Å². The van der Waals surface area contributed by atoms with E-state index in [-0.39, 0.29) is 10.8 Å². The summed E-state index contributed by atoms with van der Waals surface area (Å²) in [5, 5.41) is 8.18. The van der Waals surface area contributed by atoms with E-state index in [4.69, 9.17) is 0 Å². The number of carbonyl (C=O) groups is 2. The van der Waals surface area contributed by atoms with Crippen LogP contribution in [0.25, 0.3) is 0 Å². The predicted molar refractivity (Wildman–Crippen MR) is 80.3 cm³/mol. The molecule has 1 aliphatic heterocycles. The lowest BCUT2D eigenvalue weighted by molar-refractivity contribution is -0.135. The molecule has 1 saturated heterocycles. The molecule has 0 spiro atoms. The lowest BCUT2D eigenvalue weighted by Gasteiger charge is -2.10. The first-order valence-corrected chi connectivity index (χ1v) is 6.58. The first-order valence-electron chi connectivity index (χ1n) is 5.76. The summed E-state index contributed by atoms with van der Waals surface area (Å²) < 4.78 is 4.51. The van der Waals surface area contributed by atoms with E-state index >= 15 is 0 Å². The fourth-order valence-electron chi connectivity index (χ4n) is 1.25. The molecule has 0 aromatic rings. The van der Waals surface area contributed by atoms with Crippen LogP contribution in [0.4, 0.5) is 0 Å². The number of hydrogen-bond donors (Lipinski definition) is 0. The molecule has 0 radical (unpaired) electrons. The molecule has 0 unspecified atom stereocenters. The third-order valence-corrected chi connectivity index (χ3v) is 3.14. The Kier molecular flexibility index (Phi) is 6.45. The van der Waals surface area contributed by atoms with Gasteiger partial charge in [0, 0.05) is 18.8 Å². The van der Waals surface area contributed by atoms with Crippen molar-refractivity contribution < 1.29 is 14.3 Å². The third kappa shape index (κ3) is 4.20. The van der Waals surface area contributed by atoms with E-state index in [1.165, 1.54) is 18.2 Å². The van der Waals surface area contributed by atoms with E-state index in [1.807, 2.05) is 6.92 Å². The second-order valence-electron chi connectivity index (χ2n) is 3.51. The van der Waals surface area contributed by atoms with Gasteiger partial charge in [0.05, 0.1) is 12.0 Å². The number of thioether (sulfide) groups is 1. The van der Waals surface area contributed by atoms with Gasteiger partial charge in [0.15, 0.2) is 5.17 Å². The highest BCUT2D eigenvalue weighted by atomic mass is 32.2. The number of methoxy groups -OCH3 is 1. The van der Waals surface area contributed by atoms with Gasteiger partial charge >= 0.3 is 5.97 Å². The Morgan fingerprint density at radius 2 is 2.30 bits per heavy atom.